The van der Waals surface area contributed by atoms with Gasteiger partial charge >= 0.3 is 12.2 Å². The number of benzene rings is 4. The van der Waals surface area contributed by atoms with Gasteiger partial charge in [-0.2, -0.15) is 0 Å². The van der Waals surface area contributed by atoms with Crippen molar-refractivity contribution >= 4 is 46.2 Å². The Morgan fingerprint density at radius 3 is 2.45 bits per heavy atom. The van der Waals surface area contributed by atoms with Crippen LogP contribution in [0.2, 0.25) is 0 Å². The third kappa shape index (κ3) is 7.74. The smallest absolute Gasteiger partial charge is 0.407 e. The van der Waals surface area contributed by atoms with Crippen molar-refractivity contribution in [1.29, 1.82) is 0 Å². The summed E-state index contributed by atoms with van der Waals surface area (Å²) in [6, 6.07) is 22.1. The van der Waals surface area contributed by atoms with Crippen molar-refractivity contribution in [3.05, 3.63) is 102 Å². The second kappa shape index (κ2) is 17.0. The number of alkyl carbamates (subject to hydrolysis) is 2. The van der Waals surface area contributed by atoms with Crippen LogP contribution in [0.4, 0.5) is 15.3 Å². The van der Waals surface area contributed by atoms with Crippen LogP contribution in [0.3, 0.4) is 0 Å². The fourth-order valence-electron chi connectivity index (χ4n) is 10.5. The van der Waals surface area contributed by atoms with Crippen molar-refractivity contribution < 1.29 is 38.1 Å². The number of amides is 4. The number of nitrogens with zero attached hydrogens (tertiary/aromatic N) is 4. The Hall–Kier alpha value is -6.74. The van der Waals surface area contributed by atoms with Crippen molar-refractivity contribution in [2.75, 3.05) is 34.5 Å². The van der Waals surface area contributed by atoms with E-state index in [0.717, 1.165) is 80.1 Å². The van der Waals surface area contributed by atoms with Gasteiger partial charge in [-0.3, -0.25) is 14.6 Å². The van der Waals surface area contributed by atoms with Crippen LogP contribution in [0.5, 0.6) is 5.75 Å². The molecule has 5 aromatic rings. The van der Waals surface area contributed by atoms with Gasteiger partial charge in [-0.25, -0.2) is 14.6 Å². The normalized spacial score (nSPS) is 22.2. The number of fused-ring (bicyclic) bond motifs is 7. The lowest BCUT2D eigenvalue weighted by molar-refractivity contribution is -0.136. The molecule has 5 heterocycles. The van der Waals surface area contributed by atoms with Gasteiger partial charge in [0.15, 0.2) is 0 Å². The molecule has 4 aliphatic heterocycles. The molecule has 4 amide bonds. The summed E-state index contributed by atoms with van der Waals surface area (Å²) in [5.41, 5.74) is 8.52. The van der Waals surface area contributed by atoms with Crippen molar-refractivity contribution in [3.8, 4) is 28.1 Å². The van der Waals surface area contributed by atoms with Crippen LogP contribution < -0.4 is 15.4 Å². The van der Waals surface area contributed by atoms with E-state index in [1.165, 1.54) is 14.2 Å². The highest BCUT2D eigenvalue weighted by molar-refractivity contribution is 6.07. The minimum atomic E-state index is -0.926. The highest BCUT2D eigenvalue weighted by atomic mass is 16.5. The molecule has 15 heteroatoms. The predicted molar refractivity (Wildman–Crippen MR) is 243 cm³/mol. The van der Waals surface area contributed by atoms with Crippen LogP contribution in [0.15, 0.2) is 84.0 Å². The molecule has 7 atom stereocenters. The predicted octanol–water partition coefficient (Wildman–Crippen LogP) is 7.42. The van der Waals surface area contributed by atoms with E-state index in [2.05, 4.69) is 58.1 Å². The van der Waals surface area contributed by atoms with Gasteiger partial charge in [0.2, 0.25) is 11.8 Å². The number of carbonyl (C=O) groups excluding carboxylic acids is 4. The number of ether oxygens (including phenoxy) is 4. The molecule has 0 spiro atoms. The highest BCUT2D eigenvalue weighted by Gasteiger charge is 2.56. The molecule has 1 aliphatic carbocycles. The second-order valence-corrected chi connectivity index (χ2v) is 18.2. The van der Waals surface area contributed by atoms with Crippen molar-refractivity contribution in [3.63, 3.8) is 0 Å². The summed E-state index contributed by atoms with van der Waals surface area (Å²) in [5, 5.41) is 7.64. The van der Waals surface area contributed by atoms with E-state index in [1.807, 2.05) is 60.2 Å². The average Bonchev–Trinajstić information content (AvgIpc) is 3.79. The molecule has 15 nitrogen and oxygen atoms in total. The third-order valence-electron chi connectivity index (χ3n) is 13.9. The lowest BCUT2D eigenvalue weighted by Gasteiger charge is -2.31. The Morgan fingerprint density at radius 1 is 0.877 bits per heavy atom. The summed E-state index contributed by atoms with van der Waals surface area (Å²) >= 11 is 0. The summed E-state index contributed by atoms with van der Waals surface area (Å²) in [7, 11) is 4.26. The van der Waals surface area contributed by atoms with E-state index in [1.54, 1.807) is 7.11 Å². The van der Waals surface area contributed by atoms with Crippen LogP contribution in [0.1, 0.15) is 67.7 Å². The Bertz CT molecular complexity index is 2730. The zero-order valence-electron chi connectivity index (χ0n) is 37.1. The first-order chi connectivity index (χ1) is 31.5. The van der Waals surface area contributed by atoms with E-state index in [-0.39, 0.29) is 41.8 Å². The molecule has 1 aromatic heterocycles. The molecule has 336 valence electrons. The Balaban J connectivity index is 0.884. The minimum absolute atomic E-state index is 0.0997. The quantitative estimate of drug-likeness (QED) is 0.122. The SMILES string of the molecule is COC[C@H]1C[C@@H](C2=Nc3ccc4cc5c(cc4c3C2)OCc2cc(-c3cnc([C@@H]4CC6C[C@H]6N4C(=O)C(NC(=O)OC)C(C)C)[nH]3)ccc2-5)N(C(=O)[C@H](NC(=O)OC)c2ccccc2)C1. The van der Waals surface area contributed by atoms with Gasteiger partial charge in [-0.05, 0) is 94.0 Å². The van der Waals surface area contributed by atoms with Gasteiger partial charge in [-0.1, -0.05) is 62.4 Å². The van der Waals surface area contributed by atoms with E-state index in [4.69, 9.17) is 28.9 Å². The van der Waals surface area contributed by atoms with Gasteiger partial charge in [0.25, 0.3) is 0 Å². The molecule has 3 fully saturated rings. The number of aromatic amines is 1. The summed E-state index contributed by atoms with van der Waals surface area (Å²) in [5.74, 6) is 1.61. The molecular weight excluding hydrogens is 827 g/mol. The number of hydrogen-bond acceptors (Lipinski definition) is 10. The zero-order valence-corrected chi connectivity index (χ0v) is 37.1. The first kappa shape index (κ1) is 42.2. The summed E-state index contributed by atoms with van der Waals surface area (Å²) in [6.07, 6.45) is 3.58. The van der Waals surface area contributed by atoms with Gasteiger partial charge in [-0.15, -0.1) is 0 Å². The number of carbonyl (C=O) groups is 4. The van der Waals surface area contributed by atoms with E-state index in [9.17, 15) is 19.2 Å². The average molecular weight is 880 g/mol. The molecular formula is C50H53N7O8. The van der Waals surface area contributed by atoms with Crippen LogP contribution in [-0.2, 0) is 36.8 Å². The van der Waals surface area contributed by atoms with Crippen molar-refractivity contribution in [2.45, 2.75) is 76.3 Å². The molecule has 5 aliphatic rings. The monoisotopic (exact) mass is 879 g/mol. The molecule has 65 heavy (non-hydrogen) atoms. The minimum Gasteiger partial charge on any atom is -0.488 e. The number of aliphatic imine (C=N–C) groups is 1. The van der Waals surface area contributed by atoms with E-state index >= 15 is 0 Å². The molecule has 0 radical (unpaired) electrons. The van der Waals surface area contributed by atoms with Gasteiger partial charge in [0.1, 0.15) is 30.3 Å². The number of nitrogens with one attached hydrogen (secondary N) is 3. The molecule has 4 aromatic carbocycles. The van der Waals surface area contributed by atoms with Crippen molar-refractivity contribution in [1.82, 2.24) is 30.4 Å². The molecule has 1 saturated carbocycles. The van der Waals surface area contributed by atoms with Crippen molar-refractivity contribution in [2.24, 2.45) is 22.7 Å². The van der Waals surface area contributed by atoms with E-state index < -0.39 is 24.3 Å². The summed E-state index contributed by atoms with van der Waals surface area (Å²) in [4.78, 5) is 70.3. The summed E-state index contributed by atoms with van der Waals surface area (Å²) < 4.78 is 21.8. The number of rotatable bonds is 11. The Kier molecular flexibility index (Phi) is 11.0. The fourth-order valence-corrected chi connectivity index (χ4v) is 10.5. The standard InChI is InChI=1S/C50H53N7O8/c1-26(2)44(54-49(60)63-4)48(59)57-40-18-31(40)19-42(57)46-51-22-39(53-46)30-11-13-33-32(16-30)25-65-43-21-34-29(17-36(33)43)12-14-37-35(34)20-38(52-37)41-15-27(24-62-3)23-56(41)47(58)45(55-50(61)64-5)28-9-7-6-8-10-28/h6-14,16-17,21-22,26-27,31,40-42,44-45H,15,18-20,23-25H2,1-5H3,(H,51,53)(H,54,60)(H,55,61)/t27-,31?,40+,41-,42-,44?,45+/m0/s1. The number of piperidine rings is 1. The first-order valence-corrected chi connectivity index (χ1v) is 22.4. The molecule has 2 saturated heterocycles. The van der Waals surface area contributed by atoms with Crippen LogP contribution in [0.25, 0.3) is 33.2 Å². The molecule has 10 rings (SSSR count). The van der Waals surface area contributed by atoms with Crippen LogP contribution in [0, 0.1) is 17.8 Å². The molecule has 2 unspecified atom stereocenters. The van der Waals surface area contributed by atoms with Gasteiger partial charge in [0, 0.05) is 43.3 Å². The summed E-state index contributed by atoms with van der Waals surface area (Å²) in [6.45, 7) is 5.20. The lowest BCUT2D eigenvalue weighted by atomic mass is 9.90. The number of H-pyrrole nitrogens is 1. The highest BCUT2D eigenvalue weighted by Crippen LogP contribution is 2.53. The van der Waals surface area contributed by atoms with Crippen LogP contribution in [-0.4, -0.2) is 102 Å². The van der Waals surface area contributed by atoms with Gasteiger partial charge < -0.3 is 44.4 Å². The fraction of sp³-hybridized carbons (Fsp3) is 0.400. The maximum atomic E-state index is 14.4. The lowest BCUT2D eigenvalue weighted by Crippen LogP contribution is -2.52. The third-order valence-corrected chi connectivity index (χ3v) is 13.9. The number of imidazole rings is 1. The maximum Gasteiger partial charge on any atom is 0.407 e. The number of hydrogen-bond donors (Lipinski definition) is 3. The van der Waals surface area contributed by atoms with E-state index in [0.29, 0.717) is 44.1 Å². The Labute approximate surface area is 376 Å². The number of aromatic nitrogens is 2. The molecule has 0 bridgehead atoms. The number of methoxy groups -OCH3 is 3. The second-order valence-electron chi connectivity index (χ2n) is 18.2. The number of likely N-dealkylation sites (tertiary alicyclic amines) is 2. The Morgan fingerprint density at radius 2 is 1.68 bits per heavy atom. The first-order valence-electron chi connectivity index (χ1n) is 22.4. The molecule has 3 N–H and O–H groups in total. The topological polar surface area (TPSA) is 177 Å². The van der Waals surface area contributed by atoms with Gasteiger partial charge in [0.05, 0.1) is 50.5 Å². The zero-order chi connectivity index (χ0) is 45.1. The van der Waals surface area contributed by atoms with Crippen LogP contribution >= 0.6 is 0 Å². The largest absolute Gasteiger partial charge is 0.488 e. The maximum absolute atomic E-state index is 14.4.